The molecule has 37 heavy (non-hydrogen) atoms. The molecule has 0 atom stereocenters. The molecule has 7 heteroatoms. The standard InChI is InChI=1S/2C15H33OSi.Cr.2O/c2*1-4-7-10-13-17(16,14-11-8-5-2)15-12-9-6-3;;;/h2*4-15H2,1-3H3;;;/q2*-1;+2;;. The molecule has 0 N–H and O–H groups in total. The van der Waals surface area contributed by atoms with Crippen LogP contribution in [0.25, 0.3) is 0 Å². The number of rotatable bonds is 28. The molecule has 0 saturated carbocycles. The third-order valence-electron chi connectivity index (χ3n) is 7.97. The van der Waals surface area contributed by atoms with Crippen molar-refractivity contribution in [2.75, 3.05) is 0 Å². The summed E-state index contributed by atoms with van der Waals surface area (Å²) < 4.78 is 41.0. The zero-order chi connectivity index (χ0) is 27.9. The van der Waals surface area contributed by atoms with Gasteiger partial charge in [-0.25, -0.2) is 0 Å². The van der Waals surface area contributed by atoms with E-state index in [9.17, 15) is 7.61 Å². The van der Waals surface area contributed by atoms with E-state index in [0.717, 1.165) is 113 Å². The van der Waals surface area contributed by atoms with Gasteiger partial charge in [0.05, 0.1) is 0 Å². The van der Waals surface area contributed by atoms with Crippen molar-refractivity contribution in [3.8, 4) is 0 Å². The monoisotopic (exact) mass is 598 g/mol. The van der Waals surface area contributed by atoms with Crippen molar-refractivity contribution < 1.29 is 28.2 Å². The van der Waals surface area contributed by atoms with Crippen LogP contribution in [0.4, 0.5) is 0 Å². The van der Waals surface area contributed by atoms with Crippen LogP contribution in [0.5, 0.6) is 0 Å². The Hall–Kier alpha value is 0.486. The maximum atomic E-state index is 14.0. The second-order valence-corrected chi connectivity index (χ2v) is 22.6. The molecule has 0 aliphatic heterocycles. The predicted molar refractivity (Wildman–Crippen MR) is 161 cm³/mol. The van der Waals surface area contributed by atoms with Crippen molar-refractivity contribution in [2.24, 2.45) is 0 Å². The van der Waals surface area contributed by atoms with Gasteiger partial charge in [-0.1, -0.05) is 0 Å². The first-order chi connectivity index (χ1) is 17.8. The average Bonchev–Trinajstić information content (AvgIpc) is 2.84. The molecule has 0 saturated heterocycles. The quantitative estimate of drug-likeness (QED) is 0.0664. The van der Waals surface area contributed by atoms with Gasteiger partial charge in [-0.15, -0.1) is 0 Å². The summed E-state index contributed by atoms with van der Waals surface area (Å²) in [5.74, 6) is 0. The summed E-state index contributed by atoms with van der Waals surface area (Å²) in [4.78, 5) is 0. The summed E-state index contributed by atoms with van der Waals surface area (Å²) in [6.07, 6.45) is 20.5. The first-order valence-electron chi connectivity index (χ1n) is 16.4. The summed E-state index contributed by atoms with van der Waals surface area (Å²) in [5, 5.41) is 0. The van der Waals surface area contributed by atoms with Gasteiger partial charge in [-0.2, -0.15) is 0 Å². The van der Waals surface area contributed by atoms with Crippen LogP contribution in [0.2, 0.25) is 36.3 Å². The molecule has 0 heterocycles. The van der Waals surface area contributed by atoms with Crippen molar-refractivity contribution >= 4 is 16.6 Å². The van der Waals surface area contributed by atoms with Gasteiger partial charge in [0.25, 0.3) is 0 Å². The molecule has 224 valence electrons. The Morgan fingerprint density at radius 2 is 0.568 bits per heavy atom. The van der Waals surface area contributed by atoms with Crippen molar-refractivity contribution in [1.82, 2.24) is 0 Å². The molecule has 0 rings (SSSR count). The normalized spacial score (nSPS) is 12.9. The van der Waals surface area contributed by atoms with Crippen molar-refractivity contribution in [3.63, 3.8) is 0 Å². The summed E-state index contributed by atoms with van der Waals surface area (Å²) in [6.45, 7) is 13.4. The van der Waals surface area contributed by atoms with Crippen molar-refractivity contribution in [1.29, 1.82) is 0 Å². The zero-order valence-electron chi connectivity index (χ0n) is 26.0. The van der Waals surface area contributed by atoms with E-state index < -0.39 is 30.2 Å². The van der Waals surface area contributed by atoms with Crippen LogP contribution in [-0.4, -0.2) is 16.6 Å². The molecule has 0 spiro atoms. The van der Waals surface area contributed by atoms with E-state index in [-0.39, 0.29) is 0 Å². The molecule has 0 aromatic rings. The van der Waals surface area contributed by atoms with Gasteiger partial charge in [-0.3, -0.25) is 0 Å². The zero-order valence-corrected chi connectivity index (χ0v) is 29.3. The number of hydrogen-bond acceptors (Lipinski definition) is 4. The van der Waals surface area contributed by atoms with Crippen LogP contribution in [0.1, 0.15) is 157 Å². The molecule has 0 aromatic heterocycles. The van der Waals surface area contributed by atoms with Gasteiger partial charge in [0.2, 0.25) is 0 Å². The molecular formula is C30H66CrO4Si2. The Balaban J connectivity index is 6.03. The Kier molecular flexibility index (Phi) is 23.5. The van der Waals surface area contributed by atoms with E-state index in [4.69, 9.17) is 6.96 Å². The van der Waals surface area contributed by atoms with Gasteiger partial charge < -0.3 is 0 Å². The predicted octanol–water partition coefficient (Wildman–Crippen LogP) is 11.7. The Bertz CT molecular complexity index is 514. The average molecular weight is 599 g/mol. The molecule has 4 nitrogen and oxygen atoms in total. The van der Waals surface area contributed by atoms with Crippen LogP contribution >= 0.6 is 0 Å². The van der Waals surface area contributed by atoms with Crippen LogP contribution < -0.4 is 0 Å². The topological polar surface area (TPSA) is 52.6 Å². The molecule has 0 radical (unpaired) electrons. The summed E-state index contributed by atoms with van der Waals surface area (Å²) in [6, 6.07) is 5.90. The van der Waals surface area contributed by atoms with E-state index >= 15 is 0 Å². The molecule has 0 amide bonds. The molecular weight excluding hydrogens is 532 g/mol. The van der Waals surface area contributed by atoms with E-state index in [2.05, 4.69) is 41.5 Å². The van der Waals surface area contributed by atoms with Crippen LogP contribution in [0, 0.1) is 0 Å². The molecule has 0 aromatic carbocycles. The van der Waals surface area contributed by atoms with Crippen LogP contribution in [-0.2, 0) is 28.2 Å². The van der Waals surface area contributed by atoms with Crippen LogP contribution in [0.3, 0.4) is 0 Å². The summed E-state index contributed by atoms with van der Waals surface area (Å²) >= 11 is -4.94. The summed E-state index contributed by atoms with van der Waals surface area (Å²) in [5.41, 5.74) is 0. The Morgan fingerprint density at radius 1 is 0.378 bits per heavy atom. The number of unbranched alkanes of at least 4 members (excludes halogenated alkanes) is 12. The van der Waals surface area contributed by atoms with E-state index in [0.29, 0.717) is 0 Å². The third kappa shape index (κ3) is 18.5. The molecule has 0 aliphatic carbocycles. The Labute approximate surface area is 237 Å². The fourth-order valence-electron chi connectivity index (χ4n) is 5.63. The molecule has 0 fully saturated rings. The van der Waals surface area contributed by atoms with E-state index in [1.54, 1.807) is 0 Å². The third-order valence-corrected chi connectivity index (χ3v) is 21.9. The van der Waals surface area contributed by atoms with Crippen molar-refractivity contribution in [3.05, 3.63) is 0 Å². The minimum absolute atomic E-state index is 0.983. The van der Waals surface area contributed by atoms with Gasteiger partial charge in [-0.05, 0) is 0 Å². The maximum absolute atomic E-state index is 14.0. The van der Waals surface area contributed by atoms with Crippen molar-refractivity contribution in [2.45, 2.75) is 193 Å². The second kappa shape index (κ2) is 23.2. The van der Waals surface area contributed by atoms with Gasteiger partial charge >= 0.3 is 238 Å². The first-order valence-corrected chi connectivity index (χ1v) is 23.6. The molecule has 0 aliphatic rings. The van der Waals surface area contributed by atoms with Gasteiger partial charge in [0.1, 0.15) is 0 Å². The Morgan fingerprint density at radius 3 is 0.730 bits per heavy atom. The van der Waals surface area contributed by atoms with Gasteiger partial charge in [0.15, 0.2) is 0 Å². The second-order valence-electron chi connectivity index (χ2n) is 11.7. The fourth-order valence-corrected chi connectivity index (χ4v) is 20.9. The molecule has 0 unspecified atom stereocenters. The summed E-state index contributed by atoms with van der Waals surface area (Å²) in [7, 11) is -4.83. The van der Waals surface area contributed by atoms with E-state index in [1.807, 2.05) is 0 Å². The minimum atomic E-state index is -4.94. The fraction of sp³-hybridized carbons (Fsp3) is 1.00. The molecule has 0 bridgehead atoms. The van der Waals surface area contributed by atoms with E-state index in [1.165, 1.54) is 38.5 Å². The van der Waals surface area contributed by atoms with Crippen LogP contribution in [0.15, 0.2) is 0 Å². The van der Waals surface area contributed by atoms with Gasteiger partial charge in [0, 0.05) is 0 Å². The first kappa shape index (κ1) is 37.5. The SMILES string of the molecule is CCCCC[Si](CCCCC)(CCCCC)[O][Cr](=[O])(=[O])[O][Si](CCCCC)(CCCCC)CCCCC. The number of hydrogen-bond donors (Lipinski definition) is 0.